The van der Waals surface area contributed by atoms with Crippen molar-refractivity contribution in [3.05, 3.63) is 46.4 Å². The maximum atomic E-state index is 6.40. The molecule has 0 atom stereocenters. The Hall–Kier alpha value is -2.44. The summed E-state index contributed by atoms with van der Waals surface area (Å²) in [7, 11) is 1.61. The molecule has 0 amide bonds. The van der Waals surface area contributed by atoms with Crippen LogP contribution in [0.3, 0.4) is 0 Å². The van der Waals surface area contributed by atoms with E-state index in [0.29, 0.717) is 21.3 Å². The minimum absolute atomic E-state index is 0.0778. The van der Waals surface area contributed by atoms with Crippen LogP contribution in [0.2, 0.25) is 10.0 Å². The van der Waals surface area contributed by atoms with E-state index in [1.54, 1.807) is 19.2 Å². The predicted octanol–water partition coefficient (Wildman–Crippen LogP) is 3.41. The zero-order valence-electron chi connectivity index (χ0n) is 12.1. The van der Waals surface area contributed by atoms with E-state index in [9.17, 15) is 0 Å². The summed E-state index contributed by atoms with van der Waals surface area (Å²) in [6.45, 7) is 0. The van der Waals surface area contributed by atoms with Crippen molar-refractivity contribution in [1.29, 1.82) is 0 Å². The molecule has 0 fully saturated rings. The number of nitrogens with zero attached hydrogens (tertiary/aromatic N) is 3. The van der Waals surface area contributed by atoms with E-state index >= 15 is 0 Å². The topological polar surface area (TPSA) is 92.0 Å². The number of ether oxygens (including phenoxy) is 1. The van der Waals surface area contributed by atoms with Gasteiger partial charge >= 0.3 is 0 Å². The largest absolute Gasteiger partial charge is 0.497 e. The lowest BCUT2D eigenvalue weighted by Crippen LogP contribution is -2.03. The Morgan fingerprint density at radius 1 is 1.04 bits per heavy atom. The number of methoxy groups -OCH3 is 1. The van der Waals surface area contributed by atoms with Crippen LogP contribution in [0.1, 0.15) is 0 Å². The van der Waals surface area contributed by atoms with Gasteiger partial charge in [0.05, 0.1) is 22.8 Å². The Morgan fingerprint density at radius 2 is 1.65 bits per heavy atom. The molecule has 0 saturated carbocycles. The van der Waals surface area contributed by atoms with Crippen molar-refractivity contribution in [2.24, 2.45) is 0 Å². The first-order chi connectivity index (χ1) is 11.0. The van der Waals surface area contributed by atoms with Gasteiger partial charge in [-0.25, -0.2) is 0 Å². The number of rotatable bonds is 3. The smallest absolute Gasteiger partial charge is 0.241 e. The second-order valence-corrected chi connectivity index (χ2v) is 5.57. The second kappa shape index (κ2) is 5.98. The van der Waals surface area contributed by atoms with E-state index in [1.165, 1.54) is 4.68 Å². The molecule has 1 aromatic heterocycles. The molecule has 0 bridgehead atoms. The summed E-state index contributed by atoms with van der Waals surface area (Å²) in [5.41, 5.74) is 13.5. The van der Waals surface area contributed by atoms with E-state index in [4.69, 9.17) is 39.4 Å². The van der Waals surface area contributed by atoms with Gasteiger partial charge in [-0.2, -0.15) is 9.67 Å². The van der Waals surface area contributed by atoms with Crippen molar-refractivity contribution in [2.75, 3.05) is 18.6 Å². The summed E-state index contributed by atoms with van der Waals surface area (Å²) in [5.74, 6) is 0.990. The molecule has 23 heavy (non-hydrogen) atoms. The Labute approximate surface area is 142 Å². The van der Waals surface area contributed by atoms with Crippen LogP contribution in [0.25, 0.3) is 16.8 Å². The Bertz CT molecular complexity index is 838. The van der Waals surface area contributed by atoms with E-state index in [1.807, 2.05) is 24.3 Å². The first-order valence-electron chi connectivity index (χ1n) is 6.61. The van der Waals surface area contributed by atoms with Gasteiger partial charge in [-0.15, -0.1) is 5.10 Å². The molecule has 0 unspecified atom stereocenters. The Kier molecular flexibility index (Phi) is 4.02. The number of nitrogen functional groups attached to an aromatic ring is 2. The molecule has 0 aliphatic carbocycles. The first-order valence-corrected chi connectivity index (χ1v) is 7.37. The van der Waals surface area contributed by atoms with Gasteiger partial charge in [-0.1, -0.05) is 35.3 Å². The van der Waals surface area contributed by atoms with Crippen molar-refractivity contribution >= 4 is 35.1 Å². The molecule has 0 aliphatic heterocycles. The molecule has 8 heteroatoms. The highest BCUT2D eigenvalue weighted by Crippen LogP contribution is 2.37. The van der Waals surface area contributed by atoms with Gasteiger partial charge in [0.2, 0.25) is 11.9 Å². The third-order valence-electron chi connectivity index (χ3n) is 3.30. The highest BCUT2D eigenvalue weighted by Gasteiger charge is 2.14. The first kappa shape index (κ1) is 15.5. The van der Waals surface area contributed by atoms with Crippen LogP contribution in [0.4, 0.5) is 11.9 Å². The van der Waals surface area contributed by atoms with E-state index < -0.39 is 0 Å². The number of nitrogens with two attached hydrogens (primary N) is 2. The summed E-state index contributed by atoms with van der Waals surface area (Å²) < 4.78 is 6.53. The molecule has 6 nitrogen and oxygen atoms in total. The molecule has 1 heterocycles. The molecule has 0 aliphatic rings. The van der Waals surface area contributed by atoms with Crippen molar-refractivity contribution in [3.63, 3.8) is 0 Å². The van der Waals surface area contributed by atoms with Crippen molar-refractivity contribution in [3.8, 4) is 22.6 Å². The number of hydrogen-bond acceptors (Lipinski definition) is 5. The average molecular weight is 350 g/mol. The maximum absolute atomic E-state index is 6.40. The molecule has 0 radical (unpaired) electrons. The molecule has 3 aromatic rings. The number of aromatic nitrogens is 3. The summed E-state index contributed by atoms with van der Waals surface area (Å²) >= 11 is 12.8. The van der Waals surface area contributed by atoms with Crippen LogP contribution in [0.15, 0.2) is 36.4 Å². The van der Waals surface area contributed by atoms with Crippen LogP contribution < -0.4 is 16.2 Å². The third-order valence-corrected chi connectivity index (χ3v) is 3.89. The number of halogens is 2. The SMILES string of the molecule is COc1ccc(-c2c(Cl)cc(-n3nc(N)nc3N)cc2Cl)cc1. The fourth-order valence-electron chi connectivity index (χ4n) is 2.25. The quantitative estimate of drug-likeness (QED) is 0.755. The van der Waals surface area contributed by atoms with Crippen molar-refractivity contribution < 1.29 is 4.74 Å². The van der Waals surface area contributed by atoms with E-state index in [0.717, 1.165) is 11.3 Å². The van der Waals surface area contributed by atoms with Gasteiger partial charge in [-0.3, -0.25) is 0 Å². The van der Waals surface area contributed by atoms with Gasteiger partial charge in [0.25, 0.3) is 0 Å². The summed E-state index contributed by atoms with van der Waals surface area (Å²) in [6, 6.07) is 10.9. The lowest BCUT2D eigenvalue weighted by molar-refractivity contribution is 0.415. The number of benzene rings is 2. The standard InChI is InChI=1S/C15H13Cl2N5O/c1-23-10-4-2-8(3-5-10)13-11(16)6-9(7-12(13)17)22-15(19)20-14(18)21-22/h2-7H,1H3,(H4,18,19,20,21). The van der Waals surface area contributed by atoms with Crippen LogP contribution in [-0.4, -0.2) is 21.9 Å². The van der Waals surface area contributed by atoms with Crippen LogP contribution >= 0.6 is 23.2 Å². The molecule has 0 spiro atoms. The molecule has 0 saturated heterocycles. The highest BCUT2D eigenvalue weighted by atomic mass is 35.5. The minimum Gasteiger partial charge on any atom is -0.497 e. The van der Waals surface area contributed by atoms with Crippen LogP contribution in [0, 0.1) is 0 Å². The summed E-state index contributed by atoms with van der Waals surface area (Å²) in [6.07, 6.45) is 0. The normalized spacial score (nSPS) is 10.7. The minimum atomic E-state index is 0.0778. The van der Waals surface area contributed by atoms with Gasteiger partial charge in [0.15, 0.2) is 0 Å². The molecule has 3 rings (SSSR count). The van der Waals surface area contributed by atoms with Gasteiger partial charge in [0, 0.05) is 5.56 Å². The molecule has 2 aromatic carbocycles. The lowest BCUT2D eigenvalue weighted by Gasteiger charge is -2.11. The molecular formula is C15H13Cl2N5O. The summed E-state index contributed by atoms with van der Waals surface area (Å²) in [4.78, 5) is 3.85. The zero-order valence-corrected chi connectivity index (χ0v) is 13.6. The lowest BCUT2D eigenvalue weighted by atomic mass is 10.0. The van der Waals surface area contributed by atoms with E-state index in [2.05, 4.69) is 10.1 Å². The Balaban J connectivity index is 2.08. The maximum Gasteiger partial charge on any atom is 0.241 e. The van der Waals surface area contributed by atoms with E-state index in [-0.39, 0.29) is 11.9 Å². The number of hydrogen-bond donors (Lipinski definition) is 2. The summed E-state index contributed by atoms with van der Waals surface area (Å²) in [5, 5.41) is 4.94. The monoisotopic (exact) mass is 349 g/mol. The number of anilines is 2. The van der Waals surface area contributed by atoms with Crippen LogP contribution in [0.5, 0.6) is 5.75 Å². The highest BCUT2D eigenvalue weighted by molar-refractivity contribution is 6.39. The average Bonchev–Trinajstić information content (AvgIpc) is 2.86. The predicted molar refractivity (Wildman–Crippen MR) is 92.2 cm³/mol. The third kappa shape index (κ3) is 2.91. The Morgan fingerprint density at radius 3 is 2.13 bits per heavy atom. The van der Waals surface area contributed by atoms with Crippen molar-refractivity contribution in [2.45, 2.75) is 0 Å². The molecule has 118 valence electrons. The molecule has 4 N–H and O–H groups in total. The van der Waals surface area contributed by atoms with Gasteiger partial charge < -0.3 is 16.2 Å². The zero-order chi connectivity index (χ0) is 16.6. The van der Waals surface area contributed by atoms with Crippen LogP contribution in [-0.2, 0) is 0 Å². The van der Waals surface area contributed by atoms with Gasteiger partial charge in [-0.05, 0) is 29.8 Å². The fraction of sp³-hybridized carbons (Fsp3) is 0.0667. The van der Waals surface area contributed by atoms with Gasteiger partial charge in [0.1, 0.15) is 5.75 Å². The fourth-order valence-corrected chi connectivity index (χ4v) is 2.94. The second-order valence-electron chi connectivity index (χ2n) is 4.75. The van der Waals surface area contributed by atoms with Crippen molar-refractivity contribution in [1.82, 2.24) is 14.8 Å². The molecular weight excluding hydrogens is 337 g/mol.